The van der Waals surface area contributed by atoms with Crippen LogP contribution in [0, 0.1) is 0 Å². The first-order valence-electron chi connectivity index (χ1n) is 10.7. The molecule has 4 aromatic rings. The first-order chi connectivity index (χ1) is 15.9. The molecule has 1 aliphatic rings. The molecular formula is C24H21Cl2N5O2. The Bertz CT molecular complexity index is 1380. The molecule has 7 nitrogen and oxygen atoms in total. The van der Waals surface area contributed by atoms with Crippen LogP contribution < -0.4 is 0 Å². The van der Waals surface area contributed by atoms with Crippen molar-refractivity contribution in [1.29, 1.82) is 0 Å². The van der Waals surface area contributed by atoms with Gasteiger partial charge in [-0.15, -0.1) is 5.10 Å². The highest BCUT2D eigenvalue weighted by Crippen LogP contribution is 2.47. The molecule has 1 saturated carbocycles. The van der Waals surface area contributed by atoms with Crippen LogP contribution in [0.4, 0.5) is 0 Å². The van der Waals surface area contributed by atoms with E-state index in [-0.39, 0.29) is 6.04 Å². The van der Waals surface area contributed by atoms with Crippen LogP contribution in [0.2, 0.25) is 10.0 Å². The Hall–Kier alpha value is -3.03. The van der Waals surface area contributed by atoms with Crippen LogP contribution in [0.1, 0.15) is 61.3 Å². The van der Waals surface area contributed by atoms with Crippen molar-refractivity contribution in [2.45, 2.75) is 44.6 Å². The van der Waals surface area contributed by atoms with Gasteiger partial charge in [0.25, 0.3) is 0 Å². The van der Waals surface area contributed by atoms with E-state index in [0.29, 0.717) is 44.1 Å². The van der Waals surface area contributed by atoms with Crippen molar-refractivity contribution >= 4 is 40.5 Å². The number of halogens is 2. The maximum atomic E-state index is 11.6. The summed E-state index contributed by atoms with van der Waals surface area (Å²) < 4.78 is 1.67. The molecule has 5 rings (SSSR count). The first-order valence-corrected chi connectivity index (χ1v) is 11.5. The Kier molecular flexibility index (Phi) is 5.54. The van der Waals surface area contributed by atoms with Gasteiger partial charge in [0.15, 0.2) is 5.65 Å². The fourth-order valence-corrected chi connectivity index (χ4v) is 5.00. The maximum Gasteiger partial charge on any atom is 0.310 e. The van der Waals surface area contributed by atoms with Crippen LogP contribution in [0.3, 0.4) is 0 Å². The van der Waals surface area contributed by atoms with Gasteiger partial charge in [0, 0.05) is 16.1 Å². The monoisotopic (exact) mass is 481 g/mol. The van der Waals surface area contributed by atoms with Crippen molar-refractivity contribution in [3.8, 4) is 11.3 Å². The molecule has 0 aliphatic heterocycles. The zero-order chi connectivity index (χ0) is 23.3. The molecule has 0 radical (unpaired) electrons. The second-order valence-corrected chi connectivity index (χ2v) is 9.18. The van der Waals surface area contributed by atoms with Crippen LogP contribution >= 0.6 is 23.2 Å². The fraction of sp³-hybridized carbons (Fsp3) is 0.292. The second kappa shape index (κ2) is 8.39. The van der Waals surface area contributed by atoms with Crippen molar-refractivity contribution in [2.75, 3.05) is 0 Å². The predicted molar refractivity (Wildman–Crippen MR) is 127 cm³/mol. The highest BCUT2D eigenvalue weighted by atomic mass is 35.5. The lowest BCUT2D eigenvalue weighted by Gasteiger charge is -2.18. The molecule has 168 valence electrons. The molecule has 9 heteroatoms. The van der Waals surface area contributed by atoms with E-state index in [0.717, 1.165) is 24.0 Å². The third-order valence-electron chi connectivity index (χ3n) is 6.22. The molecule has 1 N–H and O–H groups in total. The highest BCUT2D eigenvalue weighted by Gasteiger charge is 2.30. The van der Waals surface area contributed by atoms with Crippen molar-refractivity contribution in [3.63, 3.8) is 0 Å². The normalized spacial score (nSPS) is 15.5. The number of carboxylic acid groups (broad SMARTS) is 1. The average Bonchev–Trinajstić information content (AvgIpc) is 3.56. The van der Waals surface area contributed by atoms with Gasteiger partial charge in [-0.3, -0.25) is 4.79 Å². The van der Waals surface area contributed by atoms with E-state index in [9.17, 15) is 9.90 Å². The third kappa shape index (κ3) is 3.85. The summed E-state index contributed by atoms with van der Waals surface area (Å²) >= 11 is 13.4. The number of hydrogen-bond acceptors (Lipinski definition) is 5. The van der Waals surface area contributed by atoms with Gasteiger partial charge < -0.3 is 5.11 Å². The van der Waals surface area contributed by atoms with Gasteiger partial charge in [0.05, 0.1) is 28.9 Å². The first kappa shape index (κ1) is 21.8. The van der Waals surface area contributed by atoms with E-state index >= 15 is 0 Å². The molecule has 2 heterocycles. The lowest BCUT2D eigenvalue weighted by atomic mass is 9.94. The molecule has 2 aromatic heterocycles. The Morgan fingerprint density at radius 1 is 1.15 bits per heavy atom. The van der Waals surface area contributed by atoms with Gasteiger partial charge in [-0.1, -0.05) is 58.7 Å². The molecule has 0 bridgehead atoms. The van der Waals surface area contributed by atoms with Gasteiger partial charge in [-0.05, 0) is 49.8 Å². The fourth-order valence-electron chi connectivity index (χ4n) is 4.16. The predicted octanol–water partition coefficient (Wildman–Crippen LogP) is 5.87. The van der Waals surface area contributed by atoms with Crippen LogP contribution in [0.15, 0.2) is 42.6 Å². The molecule has 33 heavy (non-hydrogen) atoms. The molecule has 1 unspecified atom stereocenters. The minimum atomic E-state index is -0.906. The Morgan fingerprint density at radius 2 is 1.91 bits per heavy atom. The third-order valence-corrected chi connectivity index (χ3v) is 6.97. The van der Waals surface area contributed by atoms with Crippen molar-refractivity contribution in [1.82, 2.24) is 25.0 Å². The number of nitrogens with zero attached hydrogens (tertiary/aromatic N) is 5. The SMILES string of the molecule is CC(C(=O)O)c1ccccc1-c1cnc2nnn([C@H](C)c3c(Cl)ccc(C4CC4)c3Cl)c2n1. The molecule has 2 atom stereocenters. The second-order valence-electron chi connectivity index (χ2n) is 8.40. The van der Waals surface area contributed by atoms with E-state index in [1.807, 2.05) is 37.3 Å². The number of carboxylic acids is 1. The largest absolute Gasteiger partial charge is 0.481 e. The summed E-state index contributed by atoms with van der Waals surface area (Å²) in [5.74, 6) is -1.12. The van der Waals surface area contributed by atoms with Crippen molar-refractivity contribution in [3.05, 3.63) is 69.3 Å². The van der Waals surface area contributed by atoms with Gasteiger partial charge >= 0.3 is 5.97 Å². The van der Waals surface area contributed by atoms with Crippen molar-refractivity contribution < 1.29 is 9.90 Å². The van der Waals surface area contributed by atoms with E-state index in [1.165, 1.54) is 0 Å². The standard InChI is InChI=1S/C24H21Cl2N5O2/c1-12(24(32)33)15-5-3-4-6-17(15)19-11-27-22-23(28-19)31(30-29-22)13(2)20-18(25)10-9-16(21(20)26)14-7-8-14/h3-6,9-14H,7-8H2,1-2H3,(H,32,33)/t12?,13-/m1/s1. The molecule has 2 aromatic carbocycles. The minimum Gasteiger partial charge on any atom is -0.481 e. The topological polar surface area (TPSA) is 93.8 Å². The Labute approximate surface area is 200 Å². The van der Waals surface area contributed by atoms with Crippen LogP contribution in [-0.2, 0) is 4.79 Å². The smallest absolute Gasteiger partial charge is 0.310 e. The van der Waals surface area contributed by atoms with E-state index in [2.05, 4.69) is 15.3 Å². The summed E-state index contributed by atoms with van der Waals surface area (Å²) in [6, 6.07) is 10.8. The van der Waals surface area contributed by atoms with Gasteiger partial charge in [-0.25, -0.2) is 14.6 Å². The number of aliphatic carboxylic acids is 1. The molecule has 0 spiro atoms. The molecule has 0 saturated heterocycles. The zero-order valence-electron chi connectivity index (χ0n) is 18.0. The summed E-state index contributed by atoms with van der Waals surface area (Å²) in [5.41, 5.74) is 4.66. The summed E-state index contributed by atoms with van der Waals surface area (Å²) in [4.78, 5) is 20.8. The van der Waals surface area contributed by atoms with Crippen molar-refractivity contribution in [2.24, 2.45) is 0 Å². The minimum absolute atomic E-state index is 0.327. The number of rotatable bonds is 6. The number of carbonyl (C=O) groups is 1. The van der Waals surface area contributed by atoms with E-state index < -0.39 is 11.9 Å². The molecule has 1 aliphatic carbocycles. The van der Waals surface area contributed by atoms with Crippen LogP contribution in [0.25, 0.3) is 22.6 Å². The van der Waals surface area contributed by atoms with Gasteiger partial charge in [0.2, 0.25) is 5.65 Å². The number of benzene rings is 2. The Morgan fingerprint density at radius 3 is 2.64 bits per heavy atom. The molecule has 0 amide bonds. The average molecular weight is 482 g/mol. The quantitative estimate of drug-likeness (QED) is 0.370. The van der Waals surface area contributed by atoms with Crippen LogP contribution in [0.5, 0.6) is 0 Å². The zero-order valence-corrected chi connectivity index (χ0v) is 19.5. The number of aromatic nitrogens is 5. The van der Waals surface area contributed by atoms with Gasteiger partial charge in [-0.2, -0.15) is 0 Å². The maximum absolute atomic E-state index is 11.6. The van der Waals surface area contributed by atoms with Crippen LogP contribution in [-0.4, -0.2) is 36.0 Å². The number of fused-ring (bicyclic) bond motifs is 1. The number of hydrogen-bond donors (Lipinski definition) is 1. The molecular weight excluding hydrogens is 461 g/mol. The van der Waals surface area contributed by atoms with E-state index in [4.69, 9.17) is 28.2 Å². The lowest BCUT2D eigenvalue weighted by molar-refractivity contribution is -0.138. The summed E-state index contributed by atoms with van der Waals surface area (Å²) in [7, 11) is 0. The highest BCUT2D eigenvalue weighted by molar-refractivity contribution is 6.36. The Balaban J connectivity index is 1.62. The summed E-state index contributed by atoms with van der Waals surface area (Å²) in [6.07, 6.45) is 3.85. The summed E-state index contributed by atoms with van der Waals surface area (Å²) in [6.45, 7) is 3.60. The summed E-state index contributed by atoms with van der Waals surface area (Å²) in [5, 5.41) is 19.2. The lowest BCUT2D eigenvalue weighted by Crippen LogP contribution is -2.12. The van der Waals surface area contributed by atoms with Gasteiger partial charge in [0.1, 0.15) is 0 Å². The molecule has 1 fully saturated rings. The van der Waals surface area contributed by atoms with E-state index in [1.54, 1.807) is 23.9 Å².